The highest BCUT2D eigenvalue weighted by molar-refractivity contribution is 5.95. The van der Waals surface area contributed by atoms with Gasteiger partial charge < -0.3 is 15.5 Å². The number of aryl methyl sites for hydroxylation is 1. The molecule has 6 nitrogen and oxygen atoms in total. The zero-order valence-electron chi connectivity index (χ0n) is 12.0. The van der Waals surface area contributed by atoms with Crippen molar-refractivity contribution in [2.45, 2.75) is 32.8 Å². The van der Waals surface area contributed by atoms with E-state index in [0.717, 1.165) is 25.1 Å². The van der Waals surface area contributed by atoms with Crippen molar-refractivity contribution >= 4 is 11.7 Å². The molecule has 1 aromatic rings. The van der Waals surface area contributed by atoms with Crippen LogP contribution in [0.25, 0.3) is 0 Å². The summed E-state index contributed by atoms with van der Waals surface area (Å²) < 4.78 is 5.49. The lowest BCUT2D eigenvalue weighted by Gasteiger charge is -2.15. The third kappa shape index (κ3) is 3.46. The summed E-state index contributed by atoms with van der Waals surface area (Å²) in [5, 5.41) is 2.96. The standard InChI is InChI=1S/C14H22N4O2/c1-3-12-6-11(7-13(17-12)18-15)14(19)16-8-10-4-5-20-9(10)2/h6-7,9-10H,3-5,8,15H2,1-2H3,(H,16,19)(H,17,18). The van der Waals surface area contributed by atoms with Crippen LogP contribution < -0.4 is 16.6 Å². The Balaban J connectivity index is 2.01. The van der Waals surface area contributed by atoms with Crippen molar-refractivity contribution in [1.82, 2.24) is 10.3 Å². The van der Waals surface area contributed by atoms with E-state index in [9.17, 15) is 4.79 Å². The summed E-state index contributed by atoms with van der Waals surface area (Å²) >= 11 is 0. The van der Waals surface area contributed by atoms with Gasteiger partial charge in [-0.05, 0) is 31.9 Å². The zero-order valence-corrected chi connectivity index (χ0v) is 12.0. The van der Waals surface area contributed by atoms with Crippen LogP contribution in [-0.4, -0.2) is 30.1 Å². The number of aromatic nitrogens is 1. The van der Waals surface area contributed by atoms with E-state index in [0.29, 0.717) is 23.8 Å². The first-order valence-electron chi connectivity index (χ1n) is 7.01. The summed E-state index contributed by atoms with van der Waals surface area (Å²) in [5.41, 5.74) is 3.91. The Kier molecular flexibility index (Phi) is 4.92. The van der Waals surface area contributed by atoms with Gasteiger partial charge in [0.25, 0.3) is 5.91 Å². The number of nitrogens with zero attached hydrogens (tertiary/aromatic N) is 1. The van der Waals surface area contributed by atoms with Crippen molar-refractivity contribution in [3.8, 4) is 0 Å². The Morgan fingerprint density at radius 3 is 2.95 bits per heavy atom. The Morgan fingerprint density at radius 2 is 2.35 bits per heavy atom. The highest BCUT2D eigenvalue weighted by atomic mass is 16.5. The number of hydrogen-bond acceptors (Lipinski definition) is 5. The van der Waals surface area contributed by atoms with E-state index < -0.39 is 0 Å². The van der Waals surface area contributed by atoms with Crippen LogP contribution in [0.5, 0.6) is 0 Å². The quantitative estimate of drug-likeness (QED) is 0.554. The van der Waals surface area contributed by atoms with E-state index in [1.165, 1.54) is 0 Å². The maximum absolute atomic E-state index is 12.2. The molecule has 0 aromatic carbocycles. The molecule has 2 heterocycles. The molecule has 110 valence electrons. The smallest absolute Gasteiger partial charge is 0.251 e. The number of hydrazine groups is 1. The van der Waals surface area contributed by atoms with Gasteiger partial charge in [0.15, 0.2) is 0 Å². The summed E-state index contributed by atoms with van der Waals surface area (Å²) in [7, 11) is 0. The van der Waals surface area contributed by atoms with E-state index in [4.69, 9.17) is 10.6 Å². The number of nitrogens with one attached hydrogen (secondary N) is 2. The number of nitrogens with two attached hydrogens (primary N) is 1. The molecule has 0 saturated carbocycles. The predicted octanol–water partition coefficient (Wildman–Crippen LogP) is 1.08. The number of ether oxygens (including phenoxy) is 1. The Labute approximate surface area is 119 Å². The number of carbonyl (C=O) groups is 1. The molecule has 1 aromatic heterocycles. The molecular formula is C14H22N4O2. The molecule has 6 heteroatoms. The lowest BCUT2D eigenvalue weighted by atomic mass is 10.0. The molecule has 0 spiro atoms. The summed E-state index contributed by atoms with van der Waals surface area (Å²) in [6, 6.07) is 3.45. The van der Waals surface area contributed by atoms with Crippen molar-refractivity contribution in [1.29, 1.82) is 0 Å². The molecule has 0 aliphatic carbocycles. The van der Waals surface area contributed by atoms with Crippen molar-refractivity contribution in [2.75, 3.05) is 18.6 Å². The summed E-state index contributed by atoms with van der Waals surface area (Å²) in [4.78, 5) is 16.5. The number of amides is 1. The van der Waals surface area contributed by atoms with Crippen molar-refractivity contribution < 1.29 is 9.53 Å². The lowest BCUT2D eigenvalue weighted by Crippen LogP contribution is -2.32. The van der Waals surface area contributed by atoms with E-state index >= 15 is 0 Å². The first-order valence-corrected chi connectivity index (χ1v) is 7.01. The highest BCUT2D eigenvalue weighted by Crippen LogP contribution is 2.19. The molecule has 2 atom stereocenters. The van der Waals surface area contributed by atoms with E-state index in [2.05, 4.69) is 15.7 Å². The van der Waals surface area contributed by atoms with Gasteiger partial charge >= 0.3 is 0 Å². The fourth-order valence-corrected chi connectivity index (χ4v) is 2.34. The second kappa shape index (κ2) is 6.67. The second-order valence-electron chi connectivity index (χ2n) is 5.06. The third-order valence-electron chi connectivity index (χ3n) is 3.71. The maximum Gasteiger partial charge on any atom is 0.251 e. The first-order chi connectivity index (χ1) is 9.63. The van der Waals surface area contributed by atoms with Gasteiger partial charge in [-0.2, -0.15) is 0 Å². The molecule has 0 bridgehead atoms. The highest BCUT2D eigenvalue weighted by Gasteiger charge is 2.24. The van der Waals surface area contributed by atoms with Crippen LogP contribution in [-0.2, 0) is 11.2 Å². The number of nitrogen functional groups attached to an aromatic ring is 1. The Bertz CT molecular complexity index is 456. The van der Waals surface area contributed by atoms with Crippen molar-refractivity contribution in [3.63, 3.8) is 0 Å². The van der Waals surface area contributed by atoms with Crippen LogP contribution in [0.2, 0.25) is 0 Å². The average molecular weight is 278 g/mol. The topological polar surface area (TPSA) is 89.3 Å². The minimum atomic E-state index is -0.0994. The van der Waals surface area contributed by atoms with Crippen LogP contribution in [0.4, 0.5) is 5.82 Å². The Hall–Kier alpha value is -1.66. The molecule has 2 unspecified atom stereocenters. The van der Waals surface area contributed by atoms with Crippen LogP contribution in [0.1, 0.15) is 36.3 Å². The number of rotatable bonds is 5. The fraction of sp³-hybridized carbons (Fsp3) is 0.571. The predicted molar refractivity (Wildman–Crippen MR) is 77.3 cm³/mol. The van der Waals surface area contributed by atoms with Crippen molar-refractivity contribution in [2.24, 2.45) is 11.8 Å². The average Bonchev–Trinajstić information content (AvgIpc) is 2.89. The van der Waals surface area contributed by atoms with E-state index in [-0.39, 0.29) is 12.0 Å². The molecule has 1 amide bonds. The van der Waals surface area contributed by atoms with Gasteiger partial charge in [0, 0.05) is 30.3 Å². The van der Waals surface area contributed by atoms with Gasteiger partial charge in [0.1, 0.15) is 5.82 Å². The van der Waals surface area contributed by atoms with Gasteiger partial charge in [-0.3, -0.25) is 4.79 Å². The molecular weight excluding hydrogens is 256 g/mol. The minimum absolute atomic E-state index is 0.0994. The number of pyridine rings is 1. The molecule has 1 fully saturated rings. The molecule has 20 heavy (non-hydrogen) atoms. The van der Waals surface area contributed by atoms with Gasteiger partial charge in [-0.15, -0.1) is 0 Å². The third-order valence-corrected chi connectivity index (χ3v) is 3.71. The van der Waals surface area contributed by atoms with Gasteiger partial charge in [0.05, 0.1) is 6.10 Å². The molecule has 1 aliphatic rings. The second-order valence-corrected chi connectivity index (χ2v) is 5.06. The monoisotopic (exact) mass is 278 g/mol. The molecule has 4 N–H and O–H groups in total. The molecule has 2 rings (SSSR count). The number of anilines is 1. The van der Waals surface area contributed by atoms with Gasteiger partial charge in [-0.1, -0.05) is 6.92 Å². The van der Waals surface area contributed by atoms with E-state index in [1.54, 1.807) is 12.1 Å². The number of hydrogen-bond donors (Lipinski definition) is 3. The molecule has 1 aliphatic heterocycles. The Morgan fingerprint density at radius 1 is 1.55 bits per heavy atom. The molecule has 1 saturated heterocycles. The summed E-state index contributed by atoms with van der Waals surface area (Å²) in [6.07, 6.45) is 1.96. The zero-order chi connectivity index (χ0) is 14.5. The summed E-state index contributed by atoms with van der Waals surface area (Å²) in [5.74, 6) is 6.17. The maximum atomic E-state index is 12.2. The lowest BCUT2D eigenvalue weighted by molar-refractivity contribution is 0.0907. The molecule has 0 radical (unpaired) electrons. The number of carbonyl (C=O) groups excluding carboxylic acids is 1. The van der Waals surface area contributed by atoms with E-state index in [1.807, 2.05) is 13.8 Å². The normalized spacial score (nSPS) is 21.8. The largest absolute Gasteiger partial charge is 0.378 e. The van der Waals surface area contributed by atoms with Crippen LogP contribution in [0, 0.1) is 5.92 Å². The van der Waals surface area contributed by atoms with Crippen molar-refractivity contribution in [3.05, 3.63) is 23.4 Å². The van der Waals surface area contributed by atoms with Crippen LogP contribution in [0.3, 0.4) is 0 Å². The summed E-state index contributed by atoms with van der Waals surface area (Å²) in [6.45, 7) is 5.44. The van der Waals surface area contributed by atoms with Gasteiger partial charge in [0.2, 0.25) is 0 Å². The minimum Gasteiger partial charge on any atom is -0.378 e. The fourth-order valence-electron chi connectivity index (χ4n) is 2.34. The van der Waals surface area contributed by atoms with Gasteiger partial charge in [-0.25, -0.2) is 10.8 Å². The van der Waals surface area contributed by atoms with Crippen LogP contribution >= 0.6 is 0 Å². The first kappa shape index (κ1) is 14.7. The van der Waals surface area contributed by atoms with Crippen LogP contribution in [0.15, 0.2) is 12.1 Å². The SMILES string of the molecule is CCc1cc(C(=O)NCC2CCOC2C)cc(NN)n1.